The summed E-state index contributed by atoms with van der Waals surface area (Å²) in [6.45, 7) is 6.56. The SMILES string of the molecule is COCCN(CC(C)C)c1ccc(N)c(C(N)=O)c1. The Bertz CT molecular complexity index is 433. The zero-order chi connectivity index (χ0) is 14.4. The van der Waals surface area contributed by atoms with Crippen molar-refractivity contribution in [1.29, 1.82) is 0 Å². The van der Waals surface area contributed by atoms with Crippen molar-refractivity contribution in [3.8, 4) is 0 Å². The summed E-state index contributed by atoms with van der Waals surface area (Å²) < 4.78 is 5.12. The third-order valence-electron chi connectivity index (χ3n) is 2.82. The lowest BCUT2D eigenvalue weighted by Gasteiger charge is -2.27. The van der Waals surface area contributed by atoms with Gasteiger partial charge in [0.25, 0.3) is 5.91 Å². The van der Waals surface area contributed by atoms with Gasteiger partial charge in [0.15, 0.2) is 0 Å². The number of rotatable bonds is 7. The number of carbonyl (C=O) groups excluding carboxylic acids is 1. The molecule has 0 saturated carbocycles. The van der Waals surface area contributed by atoms with E-state index in [9.17, 15) is 4.79 Å². The van der Waals surface area contributed by atoms with Crippen molar-refractivity contribution in [2.24, 2.45) is 11.7 Å². The average molecular weight is 265 g/mol. The molecular weight excluding hydrogens is 242 g/mol. The van der Waals surface area contributed by atoms with E-state index < -0.39 is 5.91 Å². The molecule has 0 radical (unpaired) electrons. The average Bonchev–Trinajstić information content (AvgIpc) is 2.34. The Morgan fingerprint density at radius 1 is 1.42 bits per heavy atom. The summed E-state index contributed by atoms with van der Waals surface area (Å²) in [6.07, 6.45) is 0. The minimum absolute atomic E-state index is 0.365. The third-order valence-corrected chi connectivity index (χ3v) is 2.82. The largest absolute Gasteiger partial charge is 0.398 e. The van der Waals surface area contributed by atoms with Gasteiger partial charge in [-0.2, -0.15) is 0 Å². The monoisotopic (exact) mass is 265 g/mol. The highest BCUT2D eigenvalue weighted by Gasteiger charge is 2.12. The second kappa shape index (κ2) is 6.99. The molecule has 0 aromatic heterocycles. The standard InChI is InChI=1S/C14H23N3O2/c1-10(2)9-17(6-7-19-3)11-4-5-13(15)12(8-11)14(16)18/h4-5,8,10H,6-7,9,15H2,1-3H3,(H2,16,18). The second-order valence-electron chi connectivity index (χ2n) is 4.97. The van der Waals surface area contributed by atoms with Crippen molar-refractivity contribution in [1.82, 2.24) is 0 Å². The van der Waals surface area contributed by atoms with Gasteiger partial charge in [0.05, 0.1) is 12.2 Å². The molecule has 0 atom stereocenters. The van der Waals surface area contributed by atoms with Gasteiger partial charge >= 0.3 is 0 Å². The van der Waals surface area contributed by atoms with Gasteiger partial charge in [-0.3, -0.25) is 4.79 Å². The topological polar surface area (TPSA) is 81.6 Å². The molecule has 0 heterocycles. The van der Waals surface area contributed by atoms with E-state index in [2.05, 4.69) is 18.7 Å². The van der Waals surface area contributed by atoms with Crippen LogP contribution in [0.25, 0.3) is 0 Å². The Labute approximate surface area is 114 Å². The minimum Gasteiger partial charge on any atom is -0.398 e. The van der Waals surface area contributed by atoms with Gasteiger partial charge in [-0.25, -0.2) is 0 Å². The summed E-state index contributed by atoms with van der Waals surface area (Å²) >= 11 is 0. The molecule has 1 aromatic rings. The van der Waals surface area contributed by atoms with Gasteiger partial charge in [-0.05, 0) is 24.1 Å². The summed E-state index contributed by atoms with van der Waals surface area (Å²) in [6, 6.07) is 5.37. The molecule has 0 aliphatic carbocycles. The molecule has 5 nitrogen and oxygen atoms in total. The van der Waals surface area contributed by atoms with Crippen LogP contribution in [0.3, 0.4) is 0 Å². The molecule has 0 aliphatic rings. The van der Waals surface area contributed by atoms with Crippen molar-refractivity contribution in [2.75, 3.05) is 37.4 Å². The highest BCUT2D eigenvalue weighted by molar-refractivity contribution is 5.99. The molecule has 0 bridgehead atoms. The van der Waals surface area contributed by atoms with Gasteiger partial charge < -0.3 is 21.1 Å². The summed E-state index contributed by atoms with van der Waals surface area (Å²) in [4.78, 5) is 13.5. The zero-order valence-corrected chi connectivity index (χ0v) is 11.8. The Balaban J connectivity index is 3.00. The molecule has 0 spiro atoms. The lowest BCUT2D eigenvalue weighted by molar-refractivity contribution is 0.100. The van der Waals surface area contributed by atoms with Crippen LogP contribution in [0.5, 0.6) is 0 Å². The maximum atomic E-state index is 11.3. The number of amides is 1. The maximum Gasteiger partial charge on any atom is 0.250 e. The molecule has 0 unspecified atom stereocenters. The van der Waals surface area contributed by atoms with E-state index >= 15 is 0 Å². The van der Waals surface area contributed by atoms with Crippen LogP contribution < -0.4 is 16.4 Å². The quantitative estimate of drug-likeness (QED) is 0.732. The fourth-order valence-corrected chi connectivity index (χ4v) is 1.92. The van der Waals surface area contributed by atoms with Crippen LogP contribution in [0, 0.1) is 5.92 Å². The zero-order valence-electron chi connectivity index (χ0n) is 11.8. The fraction of sp³-hybridized carbons (Fsp3) is 0.500. The van der Waals surface area contributed by atoms with Gasteiger partial charge in [-0.15, -0.1) is 0 Å². The van der Waals surface area contributed by atoms with Crippen molar-refractivity contribution in [3.63, 3.8) is 0 Å². The van der Waals surface area contributed by atoms with Crippen molar-refractivity contribution in [2.45, 2.75) is 13.8 Å². The number of nitrogen functional groups attached to an aromatic ring is 1. The van der Waals surface area contributed by atoms with Crippen molar-refractivity contribution in [3.05, 3.63) is 23.8 Å². The Morgan fingerprint density at radius 3 is 2.63 bits per heavy atom. The highest BCUT2D eigenvalue weighted by Crippen LogP contribution is 2.22. The first-order valence-electron chi connectivity index (χ1n) is 6.39. The van der Waals surface area contributed by atoms with E-state index in [1.54, 1.807) is 19.2 Å². The number of methoxy groups -OCH3 is 1. The number of nitrogens with zero attached hydrogens (tertiary/aromatic N) is 1. The number of hydrogen-bond acceptors (Lipinski definition) is 4. The van der Waals surface area contributed by atoms with Gasteiger partial charge in [0.2, 0.25) is 0 Å². The van der Waals surface area contributed by atoms with Crippen LogP contribution in [0.4, 0.5) is 11.4 Å². The van der Waals surface area contributed by atoms with E-state index in [4.69, 9.17) is 16.2 Å². The van der Waals surface area contributed by atoms with Gasteiger partial charge in [0.1, 0.15) is 0 Å². The first kappa shape index (κ1) is 15.3. The molecule has 0 saturated heterocycles. The molecule has 5 heteroatoms. The maximum absolute atomic E-state index is 11.3. The molecule has 106 valence electrons. The van der Waals surface area contributed by atoms with Crippen LogP contribution >= 0.6 is 0 Å². The lowest BCUT2D eigenvalue weighted by Crippen LogP contribution is -2.31. The fourth-order valence-electron chi connectivity index (χ4n) is 1.92. The molecule has 1 aromatic carbocycles. The molecule has 0 fully saturated rings. The van der Waals surface area contributed by atoms with E-state index in [-0.39, 0.29) is 0 Å². The normalized spacial score (nSPS) is 10.7. The Morgan fingerprint density at radius 2 is 2.11 bits per heavy atom. The third kappa shape index (κ3) is 4.44. The predicted molar refractivity (Wildman–Crippen MR) is 78.3 cm³/mol. The summed E-state index contributed by atoms with van der Waals surface area (Å²) in [5.41, 5.74) is 12.8. The number of carbonyl (C=O) groups is 1. The number of anilines is 2. The number of primary amides is 1. The van der Waals surface area contributed by atoms with E-state index in [1.165, 1.54) is 0 Å². The van der Waals surface area contributed by atoms with E-state index in [0.717, 1.165) is 18.8 Å². The first-order valence-corrected chi connectivity index (χ1v) is 6.39. The molecular formula is C14H23N3O2. The Kier molecular flexibility index (Phi) is 5.63. The molecule has 0 aliphatic heterocycles. The smallest absolute Gasteiger partial charge is 0.250 e. The number of benzene rings is 1. The van der Waals surface area contributed by atoms with Crippen molar-refractivity contribution < 1.29 is 9.53 Å². The second-order valence-corrected chi connectivity index (χ2v) is 4.97. The number of nitrogens with two attached hydrogens (primary N) is 2. The summed E-state index contributed by atoms with van der Waals surface area (Å²) in [5, 5.41) is 0. The molecule has 19 heavy (non-hydrogen) atoms. The Hall–Kier alpha value is -1.75. The van der Waals surface area contributed by atoms with Crippen LogP contribution in [0.2, 0.25) is 0 Å². The first-order chi connectivity index (χ1) is 8.95. The predicted octanol–water partition coefficient (Wildman–Crippen LogP) is 1.48. The highest BCUT2D eigenvalue weighted by atomic mass is 16.5. The van der Waals surface area contributed by atoms with Crippen LogP contribution in [-0.2, 0) is 4.74 Å². The van der Waals surface area contributed by atoms with E-state index in [1.807, 2.05) is 6.07 Å². The van der Waals surface area contributed by atoms with Crippen LogP contribution in [-0.4, -0.2) is 32.7 Å². The number of ether oxygens (including phenoxy) is 1. The lowest BCUT2D eigenvalue weighted by atomic mass is 10.1. The van der Waals surface area contributed by atoms with E-state index in [0.29, 0.717) is 23.8 Å². The van der Waals surface area contributed by atoms with Crippen LogP contribution in [0.15, 0.2) is 18.2 Å². The van der Waals surface area contributed by atoms with Crippen molar-refractivity contribution >= 4 is 17.3 Å². The van der Waals surface area contributed by atoms with Gasteiger partial charge in [0, 0.05) is 31.6 Å². The molecule has 1 rings (SSSR count). The summed E-state index contributed by atoms with van der Waals surface area (Å²) in [5.74, 6) is 0.00188. The van der Waals surface area contributed by atoms with Crippen LogP contribution in [0.1, 0.15) is 24.2 Å². The number of hydrogen-bond donors (Lipinski definition) is 2. The summed E-state index contributed by atoms with van der Waals surface area (Å²) in [7, 11) is 1.67. The molecule has 4 N–H and O–H groups in total. The molecule has 1 amide bonds. The minimum atomic E-state index is -0.504. The van der Waals surface area contributed by atoms with Gasteiger partial charge in [-0.1, -0.05) is 13.8 Å².